The first-order valence-corrected chi connectivity index (χ1v) is 9.99. The molecule has 0 aliphatic carbocycles. The molecule has 0 saturated heterocycles. The Hall–Kier alpha value is -3.93. The van der Waals surface area contributed by atoms with E-state index in [4.69, 9.17) is 14.8 Å². The molecule has 156 valence electrons. The van der Waals surface area contributed by atoms with E-state index >= 15 is 0 Å². The van der Waals surface area contributed by atoms with Gasteiger partial charge >= 0.3 is 5.97 Å². The van der Waals surface area contributed by atoms with Gasteiger partial charge in [-0.1, -0.05) is 42.5 Å². The van der Waals surface area contributed by atoms with Crippen molar-refractivity contribution in [2.24, 2.45) is 4.99 Å². The Morgan fingerprint density at radius 1 is 1.00 bits per heavy atom. The monoisotopic (exact) mass is 414 g/mol. The summed E-state index contributed by atoms with van der Waals surface area (Å²) in [6.45, 7) is 1.18. The number of hydrogen-bond acceptors (Lipinski definition) is 4. The Labute approximate surface area is 180 Å². The number of carboxylic acids is 1. The van der Waals surface area contributed by atoms with Crippen molar-refractivity contribution >= 4 is 29.0 Å². The first kappa shape index (κ1) is 20.3. The molecular formula is C25H22N2O4. The van der Waals surface area contributed by atoms with Gasteiger partial charge in [0, 0.05) is 13.3 Å². The maximum absolute atomic E-state index is 12.7. The highest BCUT2D eigenvalue weighted by Crippen LogP contribution is 2.40. The summed E-state index contributed by atoms with van der Waals surface area (Å²) in [7, 11) is 0. The first-order valence-electron chi connectivity index (χ1n) is 9.99. The van der Waals surface area contributed by atoms with E-state index in [-0.39, 0.29) is 11.9 Å². The minimum absolute atomic E-state index is 0.0461. The Kier molecular flexibility index (Phi) is 5.80. The lowest BCUT2D eigenvalue weighted by Gasteiger charge is -2.30. The Morgan fingerprint density at radius 3 is 2.35 bits per heavy atom. The fraction of sp³-hybridized carbons (Fsp3) is 0.160. The number of aliphatic carboxylic acids is 1. The normalized spacial score (nSPS) is 15.5. The molecular weight excluding hydrogens is 392 g/mol. The van der Waals surface area contributed by atoms with Crippen molar-refractivity contribution in [2.75, 3.05) is 11.5 Å². The summed E-state index contributed by atoms with van der Waals surface area (Å²) in [6.07, 6.45) is 0.535. The number of amides is 1. The number of benzene rings is 3. The molecule has 1 unspecified atom stereocenters. The number of carbonyl (C=O) groups is 2. The number of hydrogen-bond donors (Lipinski definition) is 1. The van der Waals surface area contributed by atoms with Crippen molar-refractivity contribution in [1.29, 1.82) is 0 Å². The van der Waals surface area contributed by atoms with E-state index < -0.39 is 12.6 Å². The maximum atomic E-state index is 12.7. The van der Waals surface area contributed by atoms with Crippen LogP contribution in [0.5, 0.6) is 5.75 Å². The van der Waals surface area contributed by atoms with Gasteiger partial charge in [0.2, 0.25) is 5.91 Å². The van der Waals surface area contributed by atoms with Gasteiger partial charge < -0.3 is 14.7 Å². The van der Waals surface area contributed by atoms with Crippen LogP contribution in [0.15, 0.2) is 83.9 Å². The molecule has 1 aliphatic rings. The third-order valence-corrected chi connectivity index (χ3v) is 5.17. The van der Waals surface area contributed by atoms with E-state index in [0.29, 0.717) is 12.2 Å². The lowest BCUT2D eigenvalue weighted by atomic mass is 9.96. The van der Waals surface area contributed by atoms with Crippen LogP contribution < -0.4 is 9.64 Å². The zero-order valence-electron chi connectivity index (χ0n) is 17.1. The van der Waals surface area contributed by atoms with Gasteiger partial charge in [-0.15, -0.1) is 0 Å². The fourth-order valence-corrected chi connectivity index (χ4v) is 3.80. The largest absolute Gasteiger partial charge is 0.482 e. The molecule has 1 amide bonds. The molecule has 1 heterocycles. The predicted molar refractivity (Wildman–Crippen MR) is 119 cm³/mol. The number of nitrogens with zero attached hydrogens (tertiary/aromatic N) is 2. The number of carbonyl (C=O) groups excluding carboxylic acids is 1. The molecule has 4 rings (SSSR count). The second-order valence-electron chi connectivity index (χ2n) is 7.27. The van der Waals surface area contributed by atoms with Crippen LogP contribution in [0.25, 0.3) is 0 Å². The lowest BCUT2D eigenvalue weighted by molar-refractivity contribution is -0.139. The average Bonchev–Trinajstić information content (AvgIpc) is 2.96. The molecule has 1 aliphatic heterocycles. The van der Waals surface area contributed by atoms with Crippen LogP contribution in [0.4, 0.5) is 11.4 Å². The molecule has 0 fully saturated rings. The zero-order valence-corrected chi connectivity index (χ0v) is 17.1. The SMILES string of the molecule is CC(=O)N1c2ccccc2N=C(c2ccc(OCC(=O)O)cc2)CC1c1ccccc1. The number of aliphatic imine (C=N–C) groups is 1. The average molecular weight is 414 g/mol. The van der Waals surface area contributed by atoms with Crippen LogP contribution in [-0.4, -0.2) is 29.3 Å². The number of carboxylic acid groups (broad SMARTS) is 1. The van der Waals surface area contributed by atoms with E-state index in [1.165, 1.54) is 0 Å². The number of ether oxygens (including phenoxy) is 1. The van der Waals surface area contributed by atoms with Gasteiger partial charge in [-0.2, -0.15) is 0 Å². The molecule has 0 saturated carbocycles. The minimum Gasteiger partial charge on any atom is -0.482 e. The molecule has 3 aromatic carbocycles. The summed E-state index contributed by atoms with van der Waals surface area (Å²) in [6, 6.07) is 24.6. The van der Waals surface area contributed by atoms with Crippen molar-refractivity contribution < 1.29 is 19.4 Å². The van der Waals surface area contributed by atoms with Crippen molar-refractivity contribution in [1.82, 2.24) is 0 Å². The van der Waals surface area contributed by atoms with Gasteiger partial charge in [0.15, 0.2) is 6.61 Å². The standard InChI is InChI=1S/C25H22N2O4/c1-17(28)27-23-10-6-5-9-21(23)26-22(15-24(27)19-7-3-2-4-8-19)18-11-13-20(14-12-18)31-16-25(29)30/h2-14,24H,15-16H2,1H3,(H,29,30). The molecule has 1 atom stereocenters. The van der Waals surface area contributed by atoms with E-state index in [9.17, 15) is 9.59 Å². The maximum Gasteiger partial charge on any atom is 0.341 e. The van der Waals surface area contributed by atoms with Gasteiger partial charge in [-0.25, -0.2) is 4.79 Å². The summed E-state index contributed by atoms with van der Waals surface area (Å²) in [5.74, 6) is -0.593. The number of anilines is 1. The number of fused-ring (bicyclic) bond motifs is 1. The smallest absolute Gasteiger partial charge is 0.341 e. The summed E-state index contributed by atoms with van der Waals surface area (Å²) in [5, 5.41) is 8.79. The summed E-state index contributed by atoms with van der Waals surface area (Å²) < 4.78 is 5.24. The highest BCUT2D eigenvalue weighted by Gasteiger charge is 2.30. The Bertz CT molecular complexity index is 1120. The topological polar surface area (TPSA) is 79.2 Å². The lowest BCUT2D eigenvalue weighted by Crippen LogP contribution is -2.33. The molecule has 1 N–H and O–H groups in total. The highest BCUT2D eigenvalue weighted by molar-refractivity contribution is 6.07. The molecule has 0 radical (unpaired) electrons. The predicted octanol–water partition coefficient (Wildman–Crippen LogP) is 4.77. The second kappa shape index (κ2) is 8.83. The summed E-state index contributed by atoms with van der Waals surface area (Å²) >= 11 is 0. The first-order chi connectivity index (χ1) is 15.0. The fourth-order valence-electron chi connectivity index (χ4n) is 3.80. The van der Waals surface area contributed by atoms with E-state index in [1.54, 1.807) is 19.1 Å². The van der Waals surface area contributed by atoms with E-state index in [2.05, 4.69) is 0 Å². The van der Waals surface area contributed by atoms with Crippen molar-refractivity contribution in [3.63, 3.8) is 0 Å². The molecule has 31 heavy (non-hydrogen) atoms. The van der Waals surface area contributed by atoms with Gasteiger partial charge in [-0.05, 0) is 47.5 Å². The molecule has 0 aromatic heterocycles. The van der Waals surface area contributed by atoms with Gasteiger partial charge in [-0.3, -0.25) is 9.79 Å². The van der Waals surface area contributed by atoms with E-state index in [1.807, 2.05) is 71.6 Å². The number of rotatable bonds is 5. The van der Waals surface area contributed by atoms with Crippen LogP contribution in [0.3, 0.4) is 0 Å². The molecule has 0 spiro atoms. The summed E-state index contributed by atoms with van der Waals surface area (Å²) in [4.78, 5) is 30.2. The Morgan fingerprint density at radius 2 is 1.68 bits per heavy atom. The van der Waals surface area contributed by atoms with Crippen LogP contribution >= 0.6 is 0 Å². The molecule has 3 aromatic rings. The minimum atomic E-state index is -1.02. The molecule has 0 bridgehead atoms. The molecule has 6 nitrogen and oxygen atoms in total. The number of para-hydroxylation sites is 2. The third kappa shape index (κ3) is 4.48. The van der Waals surface area contributed by atoms with Crippen molar-refractivity contribution in [2.45, 2.75) is 19.4 Å². The van der Waals surface area contributed by atoms with Gasteiger partial charge in [0.1, 0.15) is 5.75 Å². The zero-order chi connectivity index (χ0) is 21.8. The Balaban J connectivity index is 1.76. The highest BCUT2D eigenvalue weighted by atomic mass is 16.5. The van der Waals surface area contributed by atoms with Crippen LogP contribution in [0.1, 0.15) is 30.5 Å². The quantitative estimate of drug-likeness (QED) is 0.652. The van der Waals surface area contributed by atoms with Gasteiger partial charge in [0.25, 0.3) is 0 Å². The van der Waals surface area contributed by atoms with Crippen LogP contribution in [0.2, 0.25) is 0 Å². The van der Waals surface area contributed by atoms with Crippen molar-refractivity contribution in [3.8, 4) is 5.75 Å². The van der Waals surface area contributed by atoms with E-state index in [0.717, 1.165) is 28.2 Å². The van der Waals surface area contributed by atoms with Gasteiger partial charge in [0.05, 0.1) is 23.1 Å². The second-order valence-corrected chi connectivity index (χ2v) is 7.27. The van der Waals surface area contributed by atoms with Crippen LogP contribution in [0, 0.1) is 0 Å². The van der Waals surface area contributed by atoms with Crippen LogP contribution in [-0.2, 0) is 9.59 Å². The van der Waals surface area contributed by atoms with Crippen molar-refractivity contribution in [3.05, 3.63) is 90.0 Å². The molecule has 6 heteroatoms. The third-order valence-electron chi connectivity index (χ3n) is 5.17. The summed E-state index contributed by atoms with van der Waals surface area (Å²) in [5.41, 5.74) is 4.28.